The van der Waals surface area contributed by atoms with Crippen molar-refractivity contribution in [2.45, 2.75) is 44.4 Å². The molecule has 1 aromatic rings. The Morgan fingerprint density at radius 1 is 1.29 bits per heavy atom. The van der Waals surface area contributed by atoms with Gasteiger partial charge >= 0.3 is 0 Å². The molecule has 1 fully saturated rings. The maximum atomic E-state index is 12.9. The predicted molar refractivity (Wildman–Crippen MR) is 80.3 cm³/mol. The third kappa shape index (κ3) is 3.63. The molecule has 1 aliphatic rings. The Bertz CT molecular complexity index is 568. The highest BCUT2D eigenvalue weighted by Crippen LogP contribution is 2.25. The molecule has 1 heterocycles. The highest BCUT2D eigenvalue weighted by molar-refractivity contribution is 7.89. The van der Waals surface area contributed by atoms with Crippen LogP contribution in [0.4, 0.5) is 0 Å². The van der Waals surface area contributed by atoms with E-state index in [1.807, 2.05) is 20.8 Å². The number of rotatable bonds is 3. The quantitative estimate of drug-likeness (QED) is 0.923. The molecule has 0 aliphatic carbocycles. The van der Waals surface area contributed by atoms with E-state index in [9.17, 15) is 13.5 Å². The Balaban J connectivity index is 2.36. The van der Waals surface area contributed by atoms with Gasteiger partial charge in [-0.05, 0) is 25.0 Å². The van der Waals surface area contributed by atoms with Crippen LogP contribution in [-0.2, 0) is 14.8 Å². The number of aliphatic hydroxyl groups excluding tert-OH is 1. The molecule has 0 amide bonds. The van der Waals surface area contributed by atoms with Crippen LogP contribution in [0.3, 0.4) is 0 Å². The Morgan fingerprint density at radius 2 is 1.90 bits per heavy atom. The zero-order chi connectivity index (χ0) is 15.6. The molecule has 21 heavy (non-hydrogen) atoms. The van der Waals surface area contributed by atoms with Gasteiger partial charge in [0.15, 0.2) is 6.29 Å². The second-order valence-corrected chi connectivity index (χ2v) is 7.71. The van der Waals surface area contributed by atoms with Crippen molar-refractivity contribution in [2.24, 2.45) is 5.92 Å². The van der Waals surface area contributed by atoms with Gasteiger partial charge in [-0.15, -0.1) is 0 Å². The summed E-state index contributed by atoms with van der Waals surface area (Å²) in [7, 11) is -3.58. The molecule has 0 saturated carbocycles. The van der Waals surface area contributed by atoms with Gasteiger partial charge in [-0.3, -0.25) is 0 Å². The van der Waals surface area contributed by atoms with Crippen LogP contribution in [0.2, 0.25) is 0 Å². The van der Waals surface area contributed by atoms with Gasteiger partial charge in [-0.2, -0.15) is 4.31 Å². The molecule has 0 aromatic heterocycles. The number of hydrogen-bond acceptors (Lipinski definition) is 4. The topological polar surface area (TPSA) is 66.8 Å². The van der Waals surface area contributed by atoms with Gasteiger partial charge in [0.2, 0.25) is 10.0 Å². The van der Waals surface area contributed by atoms with Crippen molar-refractivity contribution < 1.29 is 18.3 Å². The average molecular weight is 313 g/mol. The maximum Gasteiger partial charge on any atom is 0.243 e. The van der Waals surface area contributed by atoms with Crippen LogP contribution < -0.4 is 0 Å². The Hall–Kier alpha value is -0.950. The third-order valence-electron chi connectivity index (χ3n) is 3.82. The summed E-state index contributed by atoms with van der Waals surface area (Å²) in [5.74, 6) is 0.107. The summed E-state index contributed by atoms with van der Waals surface area (Å²) in [6.07, 6.45) is -0.613. The molecule has 1 aromatic carbocycles. The predicted octanol–water partition coefficient (Wildman–Crippen LogP) is 1.75. The fourth-order valence-corrected chi connectivity index (χ4v) is 4.21. The number of sulfonamides is 1. The first-order valence-electron chi connectivity index (χ1n) is 7.20. The summed E-state index contributed by atoms with van der Waals surface area (Å²) < 4.78 is 32.5. The van der Waals surface area contributed by atoms with Crippen LogP contribution >= 0.6 is 0 Å². The van der Waals surface area contributed by atoms with Crippen LogP contribution in [0, 0.1) is 12.8 Å². The number of benzene rings is 1. The Labute approximate surface area is 126 Å². The number of hydrogen-bond donors (Lipinski definition) is 1. The van der Waals surface area contributed by atoms with Gasteiger partial charge in [0.1, 0.15) is 0 Å². The molecule has 2 atom stereocenters. The van der Waals surface area contributed by atoms with Gasteiger partial charge in [-0.25, -0.2) is 8.42 Å². The average Bonchev–Trinajstić information content (AvgIpc) is 2.61. The molecule has 2 rings (SSSR count). The monoisotopic (exact) mass is 313 g/mol. The summed E-state index contributed by atoms with van der Waals surface area (Å²) in [4.78, 5) is 0.287. The highest BCUT2D eigenvalue weighted by Gasteiger charge is 2.36. The molecular formula is C15H23NO4S. The molecule has 0 spiro atoms. The van der Waals surface area contributed by atoms with Crippen LogP contribution in [0.15, 0.2) is 29.2 Å². The lowest BCUT2D eigenvalue weighted by molar-refractivity contribution is -0.0994. The standard InChI is InChI=1S/C15H23NO4S/c1-11(2)14-10-20-15(17)8-9-16(14)21(18,19)13-6-4-12(3)5-7-13/h4-7,11,14-15,17H,8-10H2,1-3H3/t14-,15?/m1/s1. The van der Waals surface area contributed by atoms with Crippen molar-refractivity contribution >= 4 is 10.0 Å². The Morgan fingerprint density at radius 3 is 2.48 bits per heavy atom. The third-order valence-corrected chi connectivity index (χ3v) is 5.76. The lowest BCUT2D eigenvalue weighted by Gasteiger charge is -2.31. The van der Waals surface area contributed by atoms with Crippen LogP contribution in [-0.4, -0.2) is 43.3 Å². The van der Waals surface area contributed by atoms with Crippen LogP contribution in [0.25, 0.3) is 0 Å². The van der Waals surface area contributed by atoms with Crippen molar-refractivity contribution in [3.05, 3.63) is 29.8 Å². The summed E-state index contributed by atoms with van der Waals surface area (Å²) in [6, 6.07) is 6.57. The van der Waals surface area contributed by atoms with Gasteiger partial charge in [0.25, 0.3) is 0 Å². The zero-order valence-corrected chi connectivity index (χ0v) is 13.5. The molecular weight excluding hydrogens is 290 g/mol. The first-order chi connectivity index (χ1) is 9.82. The molecule has 1 saturated heterocycles. The normalized spacial score (nSPS) is 25.0. The van der Waals surface area contributed by atoms with Gasteiger partial charge in [0.05, 0.1) is 17.5 Å². The van der Waals surface area contributed by atoms with Crippen molar-refractivity contribution in [1.29, 1.82) is 0 Å². The van der Waals surface area contributed by atoms with E-state index >= 15 is 0 Å². The van der Waals surface area contributed by atoms with Gasteiger partial charge in [0, 0.05) is 13.0 Å². The van der Waals surface area contributed by atoms with E-state index in [-0.39, 0.29) is 36.4 Å². The highest BCUT2D eigenvalue weighted by atomic mass is 32.2. The first kappa shape index (κ1) is 16.4. The molecule has 1 N–H and O–H groups in total. The fraction of sp³-hybridized carbons (Fsp3) is 0.600. The summed E-state index contributed by atoms with van der Waals surface area (Å²) >= 11 is 0. The molecule has 5 nitrogen and oxygen atoms in total. The van der Waals surface area contributed by atoms with Crippen molar-refractivity contribution in [3.63, 3.8) is 0 Å². The van der Waals surface area contributed by atoms with E-state index in [4.69, 9.17) is 4.74 Å². The molecule has 118 valence electrons. The zero-order valence-electron chi connectivity index (χ0n) is 12.7. The van der Waals surface area contributed by atoms with Crippen molar-refractivity contribution in [1.82, 2.24) is 4.31 Å². The fourth-order valence-electron chi connectivity index (χ4n) is 2.45. The minimum absolute atomic E-state index is 0.107. The lowest BCUT2D eigenvalue weighted by atomic mass is 10.1. The molecule has 0 radical (unpaired) electrons. The summed E-state index contributed by atoms with van der Waals surface area (Å²) in [5.41, 5.74) is 1.02. The maximum absolute atomic E-state index is 12.9. The van der Waals surface area contributed by atoms with E-state index in [0.29, 0.717) is 0 Å². The van der Waals surface area contributed by atoms with Gasteiger partial charge in [-0.1, -0.05) is 31.5 Å². The number of ether oxygens (including phenoxy) is 1. The van der Waals surface area contributed by atoms with E-state index in [2.05, 4.69) is 0 Å². The van der Waals surface area contributed by atoms with E-state index in [0.717, 1.165) is 5.56 Å². The Kier molecular flexibility index (Phi) is 5.03. The van der Waals surface area contributed by atoms with E-state index < -0.39 is 16.3 Å². The van der Waals surface area contributed by atoms with E-state index in [1.165, 1.54) is 4.31 Å². The van der Waals surface area contributed by atoms with Crippen molar-refractivity contribution in [2.75, 3.05) is 13.2 Å². The minimum Gasteiger partial charge on any atom is -0.368 e. The van der Waals surface area contributed by atoms with Crippen LogP contribution in [0.1, 0.15) is 25.8 Å². The lowest BCUT2D eigenvalue weighted by Crippen LogP contribution is -2.44. The number of nitrogens with zero attached hydrogens (tertiary/aromatic N) is 1. The molecule has 1 unspecified atom stereocenters. The SMILES string of the molecule is Cc1ccc(S(=O)(=O)N2CCC(O)OC[C@@H]2C(C)C)cc1. The second-order valence-electron chi connectivity index (χ2n) is 5.82. The molecule has 1 aliphatic heterocycles. The number of aryl methyl sites for hydroxylation is 1. The summed E-state index contributed by atoms with van der Waals surface area (Å²) in [6.45, 7) is 6.32. The molecule has 6 heteroatoms. The van der Waals surface area contributed by atoms with Crippen molar-refractivity contribution in [3.8, 4) is 0 Å². The smallest absolute Gasteiger partial charge is 0.243 e. The second kappa shape index (κ2) is 6.44. The first-order valence-corrected chi connectivity index (χ1v) is 8.64. The number of aliphatic hydroxyl groups is 1. The van der Waals surface area contributed by atoms with E-state index in [1.54, 1.807) is 24.3 Å². The van der Waals surface area contributed by atoms with Gasteiger partial charge < -0.3 is 9.84 Å². The molecule has 0 bridgehead atoms. The summed E-state index contributed by atoms with van der Waals surface area (Å²) in [5, 5.41) is 9.64. The minimum atomic E-state index is -3.58. The largest absolute Gasteiger partial charge is 0.368 e. The van der Waals surface area contributed by atoms with Crippen LogP contribution in [0.5, 0.6) is 0 Å².